The van der Waals surface area contributed by atoms with Crippen LogP contribution in [0.4, 0.5) is 5.69 Å². The fourth-order valence-electron chi connectivity index (χ4n) is 5.31. The normalized spacial score (nSPS) is 21.7. The predicted molar refractivity (Wildman–Crippen MR) is 146 cm³/mol. The van der Waals surface area contributed by atoms with Gasteiger partial charge in [0.2, 0.25) is 0 Å². The van der Waals surface area contributed by atoms with E-state index >= 15 is 0 Å². The van der Waals surface area contributed by atoms with E-state index in [9.17, 15) is 14.7 Å². The monoisotopic (exact) mass is 560 g/mol. The van der Waals surface area contributed by atoms with Gasteiger partial charge in [-0.2, -0.15) is 0 Å². The molecule has 2 aliphatic carbocycles. The van der Waals surface area contributed by atoms with E-state index in [0.717, 1.165) is 10.0 Å². The number of benzene rings is 2. The average molecular weight is 561 g/mol. The van der Waals surface area contributed by atoms with Crippen LogP contribution in [0, 0.1) is 5.41 Å². The van der Waals surface area contributed by atoms with Gasteiger partial charge in [0.15, 0.2) is 11.6 Å². The number of aliphatic hydroxyl groups is 1. The van der Waals surface area contributed by atoms with E-state index in [1.54, 1.807) is 0 Å². The van der Waals surface area contributed by atoms with Crippen LogP contribution in [0.3, 0.4) is 0 Å². The van der Waals surface area contributed by atoms with Crippen molar-refractivity contribution in [3.8, 4) is 0 Å². The molecule has 1 N–H and O–H groups in total. The summed E-state index contributed by atoms with van der Waals surface area (Å²) in [5.41, 5.74) is 3.56. The quantitative estimate of drug-likeness (QED) is 0.262. The van der Waals surface area contributed by atoms with Gasteiger partial charge >= 0.3 is 0 Å². The number of hydrogen-bond acceptors (Lipinski definition) is 6. The third-order valence-electron chi connectivity index (χ3n) is 7.08. The minimum atomic E-state index is -0.160. The third kappa shape index (κ3) is 5.52. The molecule has 3 aromatic rings. The first-order valence-electron chi connectivity index (χ1n) is 12.5. The van der Waals surface area contributed by atoms with Crippen molar-refractivity contribution in [1.82, 2.24) is 5.16 Å². The summed E-state index contributed by atoms with van der Waals surface area (Å²) in [6.07, 6.45) is 2.41. The highest BCUT2D eigenvalue weighted by Gasteiger charge is 2.37. The fraction of sp³-hybridized carbons (Fsp3) is 0.333. The Morgan fingerprint density at radius 1 is 1.05 bits per heavy atom. The smallest absolute Gasteiger partial charge is 0.168 e. The number of carbonyl (C=O) groups excluding carboxylic acids is 2. The molecule has 6 nitrogen and oxygen atoms in total. The maximum absolute atomic E-state index is 13.4. The largest absolute Gasteiger partial charge is 0.511 e. The Balaban J connectivity index is 1.45. The Morgan fingerprint density at radius 3 is 2.51 bits per heavy atom. The molecule has 7 heteroatoms. The molecule has 2 aromatic carbocycles. The van der Waals surface area contributed by atoms with Gasteiger partial charge in [-0.25, -0.2) is 0 Å². The summed E-state index contributed by atoms with van der Waals surface area (Å²) in [5.74, 6) is 0.469. The average Bonchev–Trinajstić information content (AvgIpc) is 3.26. The van der Waals surface area contributed by atoms with Crippen molar-refractivity contribution in [1.29, 1.82) is 0 Å². The van der Waals surface area contributed by atoms with Gasteiger partial charge in [-0.05, 0) is 47.6 Å². The molecular weight excluding hydrogens is 532 g/mol. The first-order valence-corrected chi connectivity index (χ1v) is 13.3. The van der Waals surface area contributed by atoms with Gasteiger partial charge in [0.1, 0.15) is 11.5 Å². The molecule has 1 heterocycles. The van der Waals surface area contributed by atoms with Crippen molar-refractivity contribution in [2.24, 2.45) is 10.4 Å². The molecule has 190 valence electrons. The van der Waals surface area contributed by atoms with Crippen LogP contribution in [0.5, 0.6) is 0 Å². The number of aliphatic imine (C=N–C) groups is 1. The Kier molecular flexibility index (Phi) is 6.99. The van der Waals surface area contributed by atoms with Gasteiger partial charge in [-0.1, -0.05) is 65.3 Å². The molecule has 0 radical (unpaired) electrons. The lowest BCUT2D eigenvalue weighted by atomic mass is 9.76. The van der Waals surface area contributed by atoms with Gasteiger partial charge < -0.3 is 9.63 Å². The molecule has 0 bridgehead atoms. The second kappa shape index (κ2) is 10.2. The van der Waals surface area contributed by atoms with E-state index in [-0.39, 0.29) is 40.7 Å². The lowest BCUT2D eigenvalue weighted by molar-refractivity contribution is -0.116. The van der Waals surface area contributed by atoms with E-state index in [1.807, 2.05) is 68.4 Å². The molecule has 1 atom stereocenters. The number of fused-ring (bicyclic) bond motifs is 1. The molecule has 1 unspecified atom stereocenters. The Bertz CT molecular complexity index is 1400. The summed E-state index contributed by atoms with van der Waals surface area (Å²) >= 11 is 3.44. The summed E-state index contributed by atoms with van der Waals surface area (Å²) in [6, 6.07) is 17.5. The van der Waals surface area contributed by atoms with Gasteiger partial charge in [0.25, 0.3) is 0 Å². The van der Waals surface area contributed by atoms with Crippen LogP contribution < -0.4 is 0 Å². The predicted octanol–water partition coefficient (Wildman–Crippen LogP) is 7.26. The molecule has 0 amide bonds. The second-order valence-electron chi connectivity index (χ2n) is 10.7. The van der Waals surface area contributed by atoms with Gasteiger partial charge in [-0.3, -0.25) is 14.6 Å². The van der Waals surface area contributed by atoms with E-state index in [1.165, 1.54) is 0 Å². The zero-order valence-corrected chi connectivity index (χ0v) is 22.5. The fourth-order valence-corrected chi connectivity index (χ4v) is 5.57. The number of aromatic nitrogens is 1. The molecule has 37 heavy (non-hydrogen) atoms. The molecule has 1 saturated carbocycles. The maximum atomic E-state index is 13.4. The van der Waals surface area contributed by atoms with Crippen molar-refractivity contribution < 1.29 is 19.2 Å². The Labute approximate surface area is 224 Å². The molecule has 0 spiro atoms. The van der Waals surface area contributed by atoms with E-state index in [2.05, 4.69) is 21.1 Å². The number of aryl methyl sites for hydroxylation is 1. The van der Waals surface area contributed by atoms with Crippen LogP contribution in [0.15, 0.2) is 79.9 Å². The van der Waals surface area contributed by atoms with E-state index in [0.29, 0.717) is 60.5 Å². The second-order valence-corrected chi connectivity index (χ2v) is 11.6. The molecule has 0 saturated heterocycles. The van der Waals surface area contributed by atoms with Crippen LogP contribution in [-0.4, -0.2) is 27.5 Å². The zero-order chi connectivity index (χ0) is 26.2. The third-order valence-corrected chi connectivity index (χ3v) is 7.61. The topological polar surface area (TPSA) is 92.8 Å². The number of halogens is 1. The highest BCUT2D eigenvalue weighted by Crippen LogP contribution is 2.38. The first-order chi connectivity index (χ1) is 17.7. The van der Waals surface area contributed by atoms with Crippen LogP contribution in [0.25, 0.3) is 0 Å². The number of carbonyl (C=O) groups is 2. The zero-order valence-electron chi connectivity index (χ0n) is 21.0. The Hall–Kier alpha value is -3.32. The first kappa shape index (κ1) is 25.3. The van der Waals surface area contributed by atoms with Crippen molar-refractivity contribution in [3.05, 3.63) is 93.0 Å². The van der Waals surface area contributed by atoms with Gasteiger partial charge in [0, 0.05) is 36.6 Å². The van der Waals surface area contributed by atoms with Gasteiger partial charge in [0.05, 0.1) is 28.2 Å². The lowest BCUT2D eigenvalue weighted by Gasteiger charge is -2.27. The minimum absolute atomic E-state index is 0.0111. The number of Topliss-reactive ketones (excluding diaryl/α,β-unsaturated/α-hetero) is 2. The number of allylic oxidation sites excluding steroid dienone is 2. The summed E-state index contributed by atoms with van der Waals surface area (Å²) < 4.78 is 6.44. The van der Waals surface area contributed by atoms with Crippen LogP contribution in [0.2, 0.25) is 0 Å². The molecule has 0 aliphatic heterocycles. The van der Waals surface area contributed by atoms with Crippen LogP contribution in [-0.2, 0) is 17.6 Å². The molecule has 2 aliphatic rings. The number of hydrogen-bond donors (Lipinski definition) is 1. The Morgan fingerprint density at radius 2 is 1.78 bits per heavy atom. The van der Waals surface area contributed by atoms with E-state index < -0.39 is 0 Å². The number of ketones is 2. The van der Waals surface area contributed by atoms with Crippen molar-refractivity contribution >= 4 is 38.9 Å². The van der Waals surface area contributed by atoms with Crippen molar-refractivity contribution in [2.75, 3.05) is 0 Å². The van der Waals surface area contributed by atoms with Crippen LogP contribution >= 0.6 is 15.9 Å². The van der Waals surface area contributed by atoms with Crippen molar-refractivity contribution in [3.63, 3.8) is 0 Å². The SMILES string of the molecule is CC1(C)CC(=O)c2c(CCC(O)=C3C(=O)CC(c4ccccc4)CC3=Nc3ccc(Br)cc3)noc2C1. The van der Waals surface area contributed by atoms with Crippen molar-refractivity contribution in [2.45, 2.75) is 58.3 Å². The summed E-state index contributed by atoms with van der Waals surface area (Å²) in [7, 11) is 0. The number of rotatable bonds is 5. The lowest BCUT2D eigenvalue weighted by Crippen LogP contribution is -2.27. The van der Waals surface area contributed by atoms with Crippen LogP contribution in [0.1, 0.15) is 72.8 Å². The molecule has 1 aromatic heterocycles. The highest BCUT2D eigenvalue weighted by molar-refractivity contribution is 9.10. The summed E-state index contributed by atoms with van der Waals surface area (Å²) in [5, 5.41) is 15.3. The summed E-state index contributed by atoms with van der Waals surface area (Å²) in [4.78, 5) is 31.0. The highest BCUT2D eigenvalue weighted by atomic mass is 79.9. The van der Waals surface area contributed by atoms with Gasteiger partial charge in [-0.15, -0.1) is 0 Å². The maximum Gasteiger partial charge on any atom is 0.168 e. The van der Waals surface area contributed by atoms with E-state index in [4.69, 9.17) is 9.52 Å². The number of aliphatic hydroxyl groups excluding tert-OH is 1. The summed E-state index contributed by atoms with van der Waals surface area (Å²) in [6.45, 7) is 4.08. The standard InChI is InChI=1S/C30H29BrN2O4/c1-30(2)16-26(36)29-22(33-37-27(29)17-30)12-13-24(34)28-23(32-21-10-8-20(31)9-11-21)14-19(15-25(28)35)18-6-4-3-5-7-18/h3-11,19,34H,12-17H2,1-2H3. The minimum Gasteiger partial charge on any atom is -0.511 e. The molecular formula is C30H29BrN2O4. The molecule has 5 rings (SSSR count). The molecule has 1 fully saturated rings. The number of nitrogens with zero attached hydrogens (tertiary/aromatic N) is 2.